The van der Waals surface area contributed by atoms with Crippen molar-refractivity contribution in [1.82, 2.24) is 25.5 Å². The normalized spacial score (nSPS) is 14.0. The first-order valence-corrected chi connectivity index (χ1v) is 9.48. The van der Waals surface area contributed by atoms with Gasteiger partial charge in [0.15, 0.2) is 5.03 Å². The molecule has 2 aromatic heterocycles. The van der Waals surface area contributed by atoms with Crippen LogP contribution in [0.15, 0.2) is 41.9 Å². The topological polar surface area (TPSA) is 149 Å². The number of hydrogen-bond donors (Lipinski definition) is 2. The molecule has 3 rings (SSSR count). The van der Waals surface area contributed by atoms with Crippen molar-refractivity contribution in [3.63, 3.8) is 0 Å². The first-order valence-electron chi connectivity index (χ1n) is 9.10. The second-order valence-electron chi connectivity index (χ2n) is 6.26. The van der Waals surface area contributed by atoms with Crippen LogP contribution < -0.4 is 10.6 Å². The summed E-state index contributed by atoms with van der Waals surface area (Å²) in [5.74, 6) is -0.688. The lowest BCUT2D eigenvalue weighted by Gasteiger charge is -2.14. The van der Waals surface area contributed by atoms with Crippen molar-refractivity contribution in [2.75, 3.05) is 19.6 Å². The molecule has 1 fully saturated rings. The highest BCUT2D eigenvalue weighted by atomic mass is 35.5. The monoisotopic (exact) mass is 484 g/mol. The van der Waals surface area contributed by atoms with Gasteiger partial charge in [-0.15, -0.1) is 0 Å². The van der Waals surface area contributed by atoms with Gasteiger partial charge in [0.05, 0.1) is 17.2 Å². The summed E-state index contributed by atoms with van der Waals surface area (Å²) < 4.78 is 37.4. The number of carbonyl (C=O) groups excluding carboxylic acids is 1. The number of nitriles is 1. The van der Waals surface area contributed by atoms with Crippen LogP contribution >= 0.6 is 11.6 Å². The van der Waals surface area contributed by atoms with Crippen LogP contribution in [0, 0.1) is 21.4 Å². The molecular formula is C18H16ClF3N8O3. The number of halogens is 4. The molecule has 1 aliphatic heterocycles. The van der Waals surface area contributed by atoms with Crippen LogP contribution in [-0.4, -0.2) is 51.4 Å². The minimum atomic E-state index is -4.62. The lowest BCUT2D eigenvalue weighted by Crippen LogP contribution is -2.30. The number of nitrogens with zero attached hydrogens (tertiary/aromatic N) is 6. The zero-order chi connectivity index (χ0) is 24.4. The molecule has 0 aromatic carbocycles. The van der Waals surface area contributed by atoms with Crippen molar-refractivity contribution in [1.29, 1.82) is 5.26 Å². The number of alkyl halides is 3. The molecular weight excluding hydrogens is 469 g/mol. The molecule has 0 aliphatic carbocycles. The number of aromatic nitrogens is 2. The van der Waals surface area contributed by atoms with Crippen LogP contribution in [0.3, 0.4) is 0 Å². The van der Waals surface area contributed by atoms with Gasteiger partial charge in [-0.3, -0.25) is 9.78 Å². The van der Waals surface area contributed by atoms with E-state index in [0.717, 1.165) is 18.0 Å². The number of rotatable bonds is 5. The summed E-state index contributed by atoms with van der Waals surface area (Å²) in [6.45, 7) is 1.48. The molecule has 0 atom stereocenters. The number of nitrogens with one attached hydrogen (secondary N) is 2. The minimum Gasteiger partial charge on any atom is -0.349 e. The Labute approximate surface area is 190 Å². The summed E-state index contributed by atoms with van der Waals surface area (Å²) in [5.41, 5.74) is -0.739. The molecule has 0 bridgehead atoms. The van der Waals surface area contributed by atoms with Crippen molar-refractivity contribution < 1.29 is 23.0 Å². The average Bonchev–Trinajstić information content (AvgIpc) is 3.19. The van der Waals surface area contributed by atoms with Gasteiger partial charge in [0.25, 0.3) is 11.9 Å². The van der Waals surface area contributed by atoms with Gasteiger partial charge in [-0.25, -0.2) is 15.1 Å². The second-order valence-corrected chi connectivity index (χ2v) is 6.65. The van der Waals surface area contributed by atoms with Gasteiger partial charge < -0.3 is 15.5 Å². The van der Waals surface area contributed by atoms with Crippen LogP contribution in [-0.2, 0) is 12.7 Å². The van der Waals surface area contributed by atoms with Gasteiger partial charge >= 0.3 is 6.18 Å². The van der Waals surface area contributed by atoms with Gasteiger partial charge in [-0.1, -0.05) is 17.7 Å². The van der Waals surface area contributed by atoms with Crippen LogP contribution in [0.5, 0.6) is 0 Å². The van der Waals surface area contributed by atoms with Crippen LogP contribution in [0.4, 0.5) is 13.2 Å². The van der Waals surface area contributed by atoms with Crippen LogP contribution in [0.2, 0.25) is 5.15 Å². The number of guanidine groups is 1. The third-order valence-electron chi connectivity index (χ3n) is 4.00. The molecule has 15 heteroatoms. The number of hydrazone groups is 1. The maximum atomic E-state index is 12.5. The molecule has 11 nitrogen and oxygen atoms in total. The first kappa shape index (κ1) is 25.3. The third kappa shape index (κ3) is 7.89. The SMILES string of the molecule is N#CCNC(=O)c1cnccc1C(F)(F)F.O=[N+]([O-])/N=C1\NCCN1Cc1ccc(Cl)nc1. The Hall–Kier alpha value is -3.99. The summed E-state index contributed by atoms with van der Waals surface area (Å²) in [7, 11) is 0. The quantitative estimate of drug-likeness (QED) is 0.283. The van der Waals surface area contributed by atoms with E-state index >= 15 is 0 Å². The lowest BCUT2D eigenvalue weighted by molar-refractivity contribution is -0.485. The molecule has 0 unspecified atom stereocenters. The average molecular weight is 485 g/mol. The fourth-order valence-electron chi connectivity index (χ4n) is 2.61. The molecule has 2 N–H and O–H groups in total. The smallest absolute Gasteiger partial charge is 0.349 e. The molecule has 0 spiro atoms. The zero-order valence-corrected chi connectivity index (χ0v) is 17.5. The van der Waals surface area contributed by atoms with E-state index in [2.05, 4.69) is 20.4 Å². The number of amides is 1. The summed E-state index contributed by atoms with van der Waals surface area (Å²) in [5, 5.41) is 26.4. The van der Waals surface area contributed by atoms with E-state index in [1.54, 1.807) is 23.2 Å². The Morgan fingerprint density at radius 3 is 2.76 bits per heavy atom. The molecule has 0 saturated carbocycles. The summed E-state index contributed by atoms with van der Waals surface area (Å²) in [4.78, 5) is 30.8. The van der Waals surface area contributed by atoms with E-state index in [4.69, 9.17) is 16.9 Å². The Bertz CT molecular complexity index is 1060. The predicted octanol–water partition coefficient (Wildman–Crippen LogP) is 2.04. The summed E-state index contributed by atoms with van der Waals surface area (Å²) in [6, 6.07) is 5.82. The van der Waals surface area contributed by atoms with Crippen molar-refractivity contribution in [2.45, 2.75) is 12.7 Å². The second kappa shape index (κ2) is 11.6. The highest BCUT2D eigenvalue weighted by Crippen LogP contribution is 2.31. The molecule has 2 aromatic rings. The van der Waals surface area contributed by atoms with E-state index in [9.17, 15) is 28.1 Å². The Balaban J connectivity index is 0.000000234. The van der Waals surface area contributed by atoms with Crippen LogP contribution in [0.25, 0.3) is 0 Å². The standard InChI is InChI=1S/C9H10ClN5O2.C9H6F3N3O/c10-8-2-1-7(5-12-8)6-14-4-3-11-9(14)13-15(16)17;10-9(11,12)7-1-3-14-5-6(7)8(16)15-4-2-13/h1-2,5H,3-4,6H2,(H,11,13);1,3,5H,4H2,(H,15,16). The highest BCUT2D eigenvalue weighted by Gasteiger charge is 2.35. The van der Waals surface area contributed by atoms with Gasteiger partial charge in [0.1, 0.15) is 16.8 Å². The number of nitro groups is 1. The summed E-state index contributed by atoms with van der Waals surface area (Å²) >= 11 is 5.68. The van der Waals surface area contributed by atoms with Crippen molar-refractivity contribution in [2.24, 2.45) is 5.10 Å². The van der Waals surface area contributed by atoms with E-state index in [-0.39, 0.29) is 12.5 Å². The number of carbonyl (C=O) groups is 1. The maximum absolute atomic E-state index is 12.5. The summed E-state index contributed by atoms with van der Waals surface area (Å²) in [6.07, 6.45) is -1.22. The van der Waals surface area contributed by atoms with Crippen LogP contribution in [0.1, 0.15) is 21.5 Å². The minimum absolute atomic E-state index is 0.282. The molecule has 0 radical (unpaired) electrons. The number of hydrogen-bond acceptors (Lipinski definition) is 6. The Morgan fingerprint density at radius 2 is 2.15 bits per heavy atom. The van der Waals surface area contributed by atoms with Gasteiger partial charge in [0, 0.05) is 38.2 Å². The largest absolute Gasteiger partial charge is 0.417 e. The Kier molecular flexibility index (Phi) is 8.87. The molecule has 33 heavy (non-hydrogen) atoms. The van der Waals surface area contributed by atoms with E-state index in [0.29, 0.717) is 30.9 Å². The fourth-order valence-corrected chi connectivity index (χ4v) is 2.72. The van der Waals surface area contributed by atoms with Crippen molar-refractivity contribution >= 4 is 23.5 Å². The predicted molar refractivity (Wildman–Crippen MR) is 109 cm³/mol. The van der Waals surface area contributed by atoms with Crippen molar-refractivity contribution in [3.8, 4) is 6.07 Å². The van der Waals surface area contributed by atoms with E-state index in [1.165, 1.54) is 0 Å². The molecule has 3 heterocycles. The Morgan fingerprint density at radius 1 is 1.39 bits per heavy atom. The first-order chi connectivity index (χ1) is 15.6. The molecule has 1 amide bonds. The van der Waals surface area contributed by atoms with Gasteiger partial charge in [-0.2, -0.15) is 18.4 Å². The van der Waals surface area contributed by atoms with E-state index < -0.39 is 28.2 Å². The molecule has 174 valence electrons. The van der Waals surface area contributed by atoms with Gasteiger partial charge in [-0.05, 0) is 17.7 Å². The number of pyridine rings is 2. The lowest BCUT2D eigenvalue weighted by atomic mass is 10.1. The molecule has 1 saturated heterocycles. The molecule has 1 aliphatic rings. The van der Waals surface area contributed by atoms with Gasteiger partial charge in [0.2, 0.25) is 0 Å². The zero-order valence-electron chi connectivity index (χ0n) is 16.7. The third-order valence-corrected chi connectivity index (χ3v) is 4.23. The van der Waals surface area contributed by atoms with Crippen molar-refractivity contribution in [3.05, 3.63) is 68.7 Å². The van der Waals surface area contributed by atoms with E-state index in [1.807, 2.05) is 11.4 Å². The fraction of sp³-hybridized carbons (Fsp3) is 0.278. The highest BCUT2D eigenvalue weighted by molar-refractivity contribution is 6.29. The maximum Gasteiger partial charge on any atom is 0.417 e.